The lowest BCUT2D eigenvalue weighted by Gasteiger charge is -2.30. The number of ether oxygens (including phenoxy) is 1. The SMILES string of the molecule is CCSc1nnc2c(n1)OC(c1ccc(SC)cc1)N(C(C)=O)c1ccc(F)cc1-2. The van der Waals surface area contributed by atoms with Crippen LogP contribution in [0.4, 0.5) is 10.1 Å². The van der Waals surface area contributed by atoms with Crippen molar-refractivity contribution in [2.75, 3.05) is 16.9 Å². The van der Waals surface area contributed by atoms with Gasteiger partial charge in [-0.15, -0.1) is 22.0 Å². The largest absolute Gasteiger partial charge is 0.447 e. The molecule has 6 nitrogen and oxygen atoms in total. The highest BCUT2D eigenvalue weighted by Crippen LogP contribution is 2.43. The van der Waals surface area contributed by atoms with Crippen molar-refractivity contribution in [1.29, 1.82) is 0 Å². The summed E-state index contributed by atoms with van der Waals surface area (Å²) in [6.45, 7) is 3.44. The minimum Gasteiger partial charge on any atom is -0.447 e. The minimum atomic E-state index is -0.778. The van der Waals surface area contributed by atoms with E-state index in [9.17, 15) is 9.18 Å². The van der Waals surface area contributed by atoms with E-state index in [0.29, 0.717) is 22.1 Å². The molecule has 1 amide bonds. The van der Waals surface area contributed by atoms with Crippen molar-refractivity contribution < 1.29 is 13.9 Å². The molecule has 1 aliphatic heterocycles. The van der Waals surface area contributed by atoms with Gasteiger partial charge in [0.15, 0.2) is 5.69 Å². The van der Waals surface area contributed by atoms with Crippen LogP contribution in [0.15, 0.2) is 52.5 Å². The highest BCUT2D eigenvalue weighted by molar-refractivity contribution is 7.99. The number of aromatic nitrogens is 3. The molecule has 4 rings (SSSR count). The fourth-order valence-electron chi connectivity index (χ4n) is 3.25. The van der Waals surface area contributed by atoms with E-state index in [1.54, 1.807) is 17.8 Å². The van der Waals surface area contributed by atoms with E-state index in [1.165, 1.54) is 35.7 Å². The molecule has 9 heteroatoms. The molecule has 0 saturated heterocycles. The van der Waals surface area contributed by atoms with E-state index in [0.717, 1.165) is 16.2 Å². The van der Waals surface area contributed by atoms with E-state index >= 15 is 0 Å². The molecule has 0 radical (unpaired) electrons. The number of nitrogens with zero attached hydrogens (tertiary/aromatic N) is 4. The number of hydrogen-bond acceptors (Lipinski definition) is 7. The van der Waals surface area contributed by atoms with E-state index in [1.807, 2.05) is 37.4 Å². The van der Waals surface area contributed by atoms with Gasteiger partial charge in [0, 0.05) is 22.9 Å². The third-order valence-electron chi connectivity index (χ3n) is 4.58. The fourth-order valence-corrected chi connectivity index (χ4v) is 4.16. The molecule has 30 heavy (non-hydrogen) atoms. The summed E-state index contributed by atoms with van der Waals surface area (Å²) in [6.07, 6.45) is 1.22. The zero-order valence-electron chi connectivity index (χ0n) is 16.6. The molecule has 0 N–H and O–H groups in total. The van der Waals surface area contributed by atoms with Crippen molar-refractivity contribution in [1.82, 2.24) is 15.2 Å². The number of carbonyl (C=O) groups excluding carboxylic acids is 1. The number of carbonyl (C=O) groups is 1. The first kappa shape index (κ1) is 20.6. The quantitative estimate of drug-likeness (QED) is 0.529. The van der Waals surface area contributed by atoms with Gasteiger partial charge in [0.1, 0.15) is 5.82 Å². The summed E-state index contributed by atoms with van der Waals surface area (Å²) in [5.41, 5.74) is 1.99. The van der Waals surface area contributed by atoms with Gasteiger partial charge in [0.25, 0.3) is 0 Å². The van der Waals surface area contributed by atoms with Gasteiger partial charge < -0.3 is 4.74 Å². The Bertz CT molecular complexity index is 1090. The molecule has 1 aromatic heterocycles. The van der Waals surface area contributed by atoms with Crippen molar-refractivity contribution in [2.24, 2.45) is 0 Å². The normalized spacial score (nSPS) is 15.1. The molecule has 1 aliphatic rings. The predicted molar refractivity (Wildman–Crippen MR) is 116 cm³/mol. The first-order valence-corrected chi connectivity index (χ1v) is 11.5. The molecule has 1 unspecified atom stereocenters. The average molecular weight is 443 g/mol. The Morgan fingerprint density at radius 3 is 2.63 bits per heavy atom. The summed E-state index contributed by atoms with van der Waals surface area (Å²) >= 11 is 3.05. The van der Waals surface area contributed by atoms with Crippen molar-refractivity contribution >= 4 is 35.1 Å². The summed E-state index contributed by atoms with van der Waals surface area (Å²) < 4.78 is 20.4. The summed E-state index contributed by atoms with van der Waals surface area (Å²) in [5.74, 6) is 0.297. The third-order valence-corrected chi connectivity index (χ3v) is 6.04. The second-order valence-corrected chi connectivity index (χ2v) is 8.59. The van der Waals surface area contributed by atoms with Crippen LogP contribution in [0, 0.1) is 5.82 Å². The van der Waals surface area contributed by atoms with E-state index in [4.69, 9.17) is 4.74 Å². The average Bonchev–Trinajstić information content (AvgIpc) is 2.88. The molecule has 1 atom stereocenters. The standard InChI is InChI=1S/C21H19FN4O2S2/c1-4-30-21-23-19-18(24-25-21)16-11-14(22)7-10-17(16)26(12(2)27)20(28-19)13-5-8-15(29-3)9-6-13/h5-11,20H,4H2,1-3H3. The number of halogens is 1. The van der Waals surface area contributed by atoms with Gasteiger partial charge in [-0.2, -0.15) is 4.98 Å². The molecule has 0 fully saturated rings. The molecule has 154 valence electrons. The minimum absolute atomic E-state index is 0.218. The lowest BCUT2D eigenvalue weighted by molar-refractivity contribution is -0.118. The third kappa shape index (κ3) is 3.87. The lowest BCUT2D eigenvalue weighted by Crippen LogP contribution is -2.36. The Hall–Kier alpha value is -2.65. The molecule has 0 spiro atoms. The van der Waals surface area contributed by atoms with Crippen LogP contribution in [-0.4, -0.2) is 33.1 Å². The molecule has 0 aliphatic carbocycles. The number of fused-ring (bicyclic) bond motifs is 3. The Labute approximate surface area is 182 Å². The van der Waals surface area contributed by atoms with Crippen LogP contribution in [0.2, 0.25) is 0 Å². The van der Waals surface area contributed by atoms with Crippen LogP contribution in [0.3, 0.4) is 0 Å². The first-order chi connectivity index (χ1) is 14.5. The van der Waals surface area contributed by atoms with Crippen LogP contribution in [0.1, 0.15) is 25.6 Å². The number of rotatable bonds is 4. The maximum absolute atomic E-state index is 14.1. The van der Waals surface area contributed by atoms with Gasteiger partial charge in [-0.05, 0) is 42.3 Å². The monoisotopic (exact) mass is 442 g/mol. The second-order valence-electron chi connectivity index (χ2n) is 6.48. The summed E-state index contributed by atoms with van der Waals surface area (Å²) in [4.78, 5) is 19.8. The summed E-state index contributed by atoms with van der Waals surface area (Å²) in [7, 11) is 0. The highest BCUT2D eigenvalue weighted by atomic mass is 32.2. The fraction of sp³-hybridized carbons (Fsp3) is 0.238. The molecule has 0 saturated carbocycles. The van der Waals surface area contributed by atoms with Crippen molar-refractivity contribution in [3.05, 3.63) is 53.8 Å². The molecule has 2 aromatic carbocycles. The highest BCUT2D eigenvalue weighted by Gasteiger charge is 2.34. The van der Waals surface area contributed by atoms with E-state index in [-0.39, 0.29) is 11.8 Å². The van der Waals surface area contributed by atoms with Crippen LogP contribution < -0.4 is 9.64 Å². The summed E-state index contributed by atoms with van der Waals surface area (Å²) in [5, 5.41) is 8.86. The van der Waals surface area contributed by atoms with Crippen LogP contribution in [0.5, 0.6) is 5.88 Å². The number of amides is 1. The molecule has 0 bridgehead atoms. The zero-order valence-corrected chi connectivity index (χ0v) is 18.3. The van der Waals surface area contributed by atoms with Crippen LogP contribution in [0.25, 0.3) is 11.3 Å². The Balaban J connectivity index is 1.93. The Kier molecular flexibility index (Phi) is 5.92. The van der Waals surface area contributed by atoms with Gasteiger partial charge in [0.2, 0.25) is 23.2 Å². The van der Waals surface area contributed by atoms with Crippen LogP contribution in [-0.2, 0) is 4.79 Å². The van der Waals surface area contributed by atoms with Gasteiger partial charge in [0.05, 0.1) is 5.69 Å². The number of hydrogen-bond donors (Lipinski definition) is 0. The maximum atomic E-state index is 14.1. The van der Waals surface area contributed by atoms with E-state index < -0.39 is 12.0 Å². The lowest BCUT2D eigenvalue weighted by atomic mass is 10.1. The van der Waals surface area contributed by atoms with Crippen molar-refractivity contribution in [3.8, 4) is 17.1 Å². The second kappa shape index (κ2) is 8.61. The predicted octanol–water partition coefficient (Wildman–Crippen LogP) is 4.96. The maximum Gasteiger partial charge on any atom is 0.247 e. The van der Waals surface area contributed by atoms with E-state index in [2.05, 4.69) is 15.2 Å². The topological polar surface area (TPSA) is 68.2 Å². The van der Waals surface area contributed by atoms with Gasteiger partial charge in [-0.1, -0.05) is 30.8 Å². The number of anilines is 1. The zero-order chi connectivity index (χ0) is 21.3. The molecule has 3 aromatic rings. The van der Waals surface area contributed by atoms with Crippen molar-refractivity contribution in [3.63, 3.8) is 0 Å². The number of benzene rings is 2. The van der Waals surface area contributed by atoms with Gasteiger partial charge in [-0.3, -0.25) is 9.69 Å². The number of thioether (sulfide) groups is 2. The van der Waals surface area contributed by atoms with Crippen LogP contribution >= 0.6 is 23.5 Å². The Morgan fingerprint density at radius 1 is 1.20 bits per heavy atom. The van der Waals surface area contributed by atoms with Gasteiger partial charge in [-0.25, -0.2) is 4.39 Å². The first-order valence-electron chi connectivity index (χ1n) is 9.29. The van der Waals surface area contributed by atoms with Crippen molar-refractivity contribution in [2.45, 2.75) is 30.1 Å². The summed E-state index contributed by atoms with van der Waals surface area (Å²) in [6, 6.07) is 12.0. The molecular weight excluding hydrogens is 423 g/mol. The van der Waals surface area contributed by atoms with Gasteiger partial charge >= 0.3 is 0 Å². The molecular formula is C21H19FN4O2S2. The smallest absolute Gasteiger partial charge is 0.247 e. The molecule has 2 heterocycles. The Morgan fingerprint density at radius 2 is 1.97 bits per heavy atom.